The summed E-state index contributed by atoms with van der Waals surface area (Å²) in [4.78, 5) is 34.3. The number of nitrogens with zero attached hydrogens (tertiary/aromatic N) is 3. The van der Waals surface area contributed by atoms with Crippen LogP contribution in [0.3, 0.4) is 0 Å². The molecule has 0 bridgehead atoms. The highest BCUT2D eigenvalue weighted by molar-refractivity contribution is 6.09. The molecule has 1 aromatic heterocycles. The van der Waals surface area contributed by atoms with E-state index in [1.54, 1.807) is 24.5 Å². The number of likely N-dealkylation sites (tertiary alicyclic amines) is 1. The Morgan fingerprint density at radius 1 is 1.36 bits per heavy atom. The molecule has 3 fully saturated rings. The average Bonchev–Trinajstić information content (AvgIpc) is 3.35. The lowest BCUT2D eigenvalue weighted by Crippen LogP contribution is -2.40. The van der Waals surface area contributed by atoms with Crippen LogP contribution in [0.2, 0.25) is 0 Å². The molecule has 2 saturated heterocycles. The Morgan fingerprint density at radius 2 is 2.21 bits per heavy atom. The molecule has 0 radical (unpaired) electrons. The highest BCUT2D eigenvalue weighted by atomic mass is 16.6. The van der Waals surface area contributed by atoms with Crippen molar-refractivity contribution in [3.05, 3.63) is 42.7 Å². The molecule has 0 spiro atoms. The van der Waals surface area contributed by atoms with Gasteiger partial charge in [-0.3, -0.25) is 4.79 Å². The zero-order valence-corrected chi connectivity index (χ0v) is 18.3. The Labute approximate surface area is 192 Å². The number of pyridine rings is 1. The summed E-state index contributed by atoms with van der Waals surface area (Å²) in [5.74, 6) is 1.04. The summed E-state index contributed by atoms with van der Waals surface area (Å²) in [7, 11) is 0. The van der Waals surface area contributed by atoms with Crippen LogP contribution in [0.4, 0.5) is 4.79 Å². The summed E-state index contributed by atoms with van der Waals surface area (Å²) in [5, 5.41) is 13.3. The van der Waals surface area contributed by atoms with E-state index < -0.39 is 12.2 Å². The number of rotatable bonds is 8. The summed E-state index contributed by atoms with van der Waals surface area (Å²) in [6, 6.07) is 3.56. The number of hydrogen-bond donors (Lipinski definition) is 3. The standard InChI is InChI=1S/C23H28N6O4/c1-2-20(26-12-15(11-24)19-4-3-8-25-22(19)32-17-5-6-17)29-9-7-16(14-29)28-23(31)33-18-10-21(30)27-13-18/h2-4,8,11-12,16-18,24H,1,5-7,9-10,13-14H2,(H,27,30)(H,28,31)/t16-,18-/m0/s1. The number of carbonyl (C=O) groups excluding carboxylic acids is 2. The maximum atomic E-state index is 12.1. The first-order chi connectivity index (χ1) is 16.1. The van der Waals surface area contributed by atoms with Gasteiger partial charge in [-0.05, 0) is 37.5 Å². The van der Waals surface area contributed by atoms with E-state index in [0.29, 0.717) is 36.9 Å². The lowest BCUT2D eigenvalue weighted by molar-refractivity contribution is -0.119. The van der Waals surface area contributed by atoms with Crippen LogP contribution >= 0.6 is 0 Å². The number of alkyl carbamates (subject to hydrolysis) is 1. The van der Waals surface area contributed by atoms with Gasteiger partial charge in [-0.25, -0.2) is 14.8 Å². The molecular weight excluding hydrogens is 424 g/mol. The van der Waals surface area contributed by atoms with Gasteiger partial charge in [-0.2, -0.15) is 0 Å². The number of ether oxygens (including phenoxy) is 2. The molecule has 10 heteroatoms. The molecule has 10 nitrogen and oxygen atoms in total. The highest BCUT2D eigenvalue weighted by Crippen LogP contribution is 2.30. The number of amides is 2. The molecule has 174 valence electrons. The van der Waals surface area contributed by atoms with Gasteiger partial charge in [0.25, 0.3) is 0 Å². The van der Waals surface area contributed by atoms with Gasteiger partial charge in [0.05, 0.1) is 19.0 Å². The molecule has 4 rings (SSSR count). The maximum Gasteiger partial charge on any atom is 0.407 e. The third-order valence-electron chi connectivity index (χ3n) is 5.61. The number of allylic oxidation sites excluding steroid dienone is 1. The average molecular weight is 453 g/mol. The van der Waals surface area contributed by atoms with Crippen LogP contribution in [0.1, 0.15) is 31.2 Å². The molecule has 2 aliphatic heterocycles. The number of hydrogen-bond acceptors (Lipinski definition) is 7. The molecule has 2 atom stereocenters. The smallest absolute Gasteiger partial charge is 0.407 e. The molecular formula is C23H28N6O4. The molecule has 0 unspecified atom stereocenters. The molecule has 33 heavy (non-hydrogen) atoms. The van der Waals surface area contributed by atoms with Crippen LogP contribution in [0.5, 0.6) is 5.88 Å². The quantitative estimate of drug-likeness (QED) is 0.408. The SMILES string of the molecule is C=CC(=NC=C(C=N)c1cccnc1OC1CC1)N1CC[C@H](NC(=O)O[C@@H]2CNC(=O)C2)C1. The van der Waals surface area contributed by atoms with E-state index in [4.69, 9.17) is 14.9 Å². The van der Waals surface area contributed by atoms with Gasteiger partial charge < -0.3 is 30.4 Å². The van der Waals surface area contributed by atoms with Crippen molar-refractivity contribution in [1.82, 2.24) is 20.5 Å². The minimum atomic E-state index is -0.522. The van der Waals surface area contributed by atoms with Gasteiger partial charge in [0.1, 0.15) is 18.0 Å². The fraction of sp³-hybridized carbons (Fsp3) is 0.435. The molecule has 0 aromatic carbocycles. The summed E-state index contributed by atoms with van der Waals surface area (Å²) in [5.41, 5.74) is 1.30. The van der Waals surface area contributed by atoms with E-state index in [2.05, 4.69) is 27.2 Å². The summed E-state index contributed by atoms with van der Waals surface area (Å²) in [6.07, 6.45) is 8.38. The zero-order chi connectivity index (χ0) is 23.2. The fourth-order valence-corrected chi connectivity index (χ4v) is 3.73. The first kappa shape index (κ1) is 22.5. The van der Waals surface area contributed by atoms with Crippen molar-refractivity contribution in [2.45, 2.75) is 43.9 Å². The van der Waals surface area contributed by atoms with Crippen LogP contribution in [-0.4, -0.2) is 71.8 Å². The van der Waals surface area contributed by atoms with Crippen LogP contribution in [-0.2, 0) is 9.53 Å². The number of carbonyl (C=O) groups is 2. The van der Waals surface area contributed by atoms with Crippen molar-refractivity contribution in [1.29, 1.82) is 5.41 Å². The van der Waals surface area contributed by atoms with Gasteiger partial charge in [0.2, 0.25) is 11.8 Å². The fourth-order valence-electron chi connectivity index (χ4n) is 3.73. The Balaban J connectivity index is 1.37. The van der Waals surface area contributed by atoms with E-state index in [0.717, 1.165) is 24.8 Å². The first-order valence-corrected chi connectivity index (χ1v) is 11.1. The zero-order valence-electron chi connectivity index (χ0n) is 18.3. The number of aromatic nitrogens is 1. The molecule has 1 aromatic rings. The molecule has 3 aliphatic rings. The van der Waals surface area contributed by atoms with Crippen molar-refractivity contribution in [3.8, 4) is 5.88 Å². The van der Waals surface area contributed by atoms with E-state index in [9.17, 15) is 9.59 Å². The van der Waals surface area contributed by atoms with E-state index in [1.807, 2.05) is 11.0 Å². The Kier molecular flexibility index (Phi) is 7.01. The third-order valence-corrected chi connectivity index (χ3v) is 5.61. The molecule has 1 saturated carbocycles. The van der Waals surface area contributed by atoms with Gasteiger partial charge >= 0.3 is 6.09 Å². The van der Waals surface area contributed by atoms with Gasteiger partial charge in [0.15, 0.2) is 0 Å². The van der Waals surface area contributed by atoms with Gasteiger partial charge in [0, 0.05) is 42.8 Å². The predicted octanol–water partition coefficient (Wildman–Crippen LogP) is 1.89. The first-order valence-electron chi connectivity index (χ1n) is 11.1. The predicted molar refractivity (Wildman–Crippen MR) is 123 cm³/mol. The van der Waals surface area contributed by atoms with E-state index >= 15 is 0 Å². The molecule has 1 aliphatic carbocycles. The highest BCUT2D eigenvalue weighted by Gasteiger charge is 2.29. The Hall–Kier alpha value is -3.69. The summed E-state index contributed by atoms with van der Waals surface area (Å²) in [6.45, 7) is 5.46. The lowest BCUT2D eigenvalue weighted by atomic mass is 10.1. The lowest BCUT2D eigenvalue weighted by Gasteiger charge is -2.19. The third kappa shape index (κ3) is 5.97. The number of amidine groups is 1. The van der Waals surface area contributed by atoms with E-state index in [-0.39, 0.29) is 24.5 Å². The van der Waals surface area contributed by atoms with Crippen molar-refractivity contribution in [3.63, 3.8) is 0 Å². The molecule has 3 N–H and O–H groups in total. The number of aliphatic imine (C=N–C) groups is 1. The summed E-state index contributed by atoms with van der Waals surface area (Å²) < 4.78 is 11.2. The van der Waals surface area contributed by atoms with Gasteiger partial charge in [-0.1, -0.05) is 6.58 Å². The Morgan fingerprint density at radius 3 is 2.91 bits per heavy atom. The number of nitrogens with one attached hydrogen (secondary N) is 3. The second kappa shape index (κ2) is 10.3. The van der Waals surface area contributed by atoms with Crippen molar-refractivity contribution >= 4 is 29.6 Å². The molecule has 3 heterocycles. The minimum Gasteiger partial charge on any atom is -0.474 e. The largest absolute Gasteiger partial charge is 0.474 e. The minimum absolute atomic E-state index is 0.101. The van der Waals surface area contributed by atoms with Crippen molar-refractivity contribution in [2.75, 3.05) is 19.6 Å². The Bertz CT molecular complexity index is 987. The van der Waals surface area contributed by atoms with E-state index in [1.165, 1.54) is 6.21 Å². The molecule has 2 amide bonds. The normalized spacial score (nSPS) is 23.2. The maximum absolute atomic E-state index is 12.1. The topological polar surface area (TPSA) is 129 Å². The van der Waals surface area contributed by atoms with Crippen molar-refractivity contribution in [2.24, 2.45) is 4.99 Å². The van der Waals surface area contributed by atoms with Crippen LogP contribution in [0.25, 0.3) is 5.57 Å². The second-order valence-electron chi connectivity index (χ2n) is 8.20. The second-order valence-corrected chi connectivity index (χ2v) is 8.20. The monoisotopic (exact) mass is 452 g/mol. The summed E-state index contributed by atoms with van der Waals surface area (Å²) >= 11 is 0. The van der Waals surface area contributed by atoms with Crippen LogP contribution in [0, 0.1) is 5.41 Å². The van der Waals surface area contributed by atoms with Crippen LogP contribution in [0.15, 0.2) is 42.2 Å². The van der Waals surface area contributed by atoms with Crippen LogP contribution < -0.4 is 15.4 Å². The van der Waals surface area contributed by atoms with Gasteiger partial charge in [-0.15, -0.1) is 0 Å². The van der Waals surface area contributed by atoms with Crippen molar-refractivity contribution < 1.29 is 19.1 Å².